The van der Waals surface area contributed by atoms with E-state index in [9.17, 15) is 14.0 Å². The molecule has 1 amide bonds. The van der Waals surface area contributed by atoms with Gasteiger partial charge in [-0.25, -0.2) is 9.78 Å². The Morgan fingerprint density at radius 2 is 1.95 bits per heavy atom. The van der Waals surface area contributed by atoms with Gasteiger partial charge in [0.1, 0.15) is 11.6 Å². The van der Waals surface area contributed by atoms with E-state index in [1.165, 1.54) is 12.3 Å². The molecule has 1 heterocycles. The molecular formula is C15H21FN2O3. The number of amides is 1. The number of ether oxygens (including phenoxy) is 1. The Morgan fingerprint density at radius 1 is 1.33 bits per heavy atom. The summed E-state index contributed by atoms with van der Waals surface area (Å²) >= 11 is 0. The minimum atomic E-state index is -0.798. The van der Waals surface area contributed by atoms with Crippen molar-refractivity contribution < 1.29 is 18.7 Å². The van der Waals surface area contributed by atoms with Crippen molar-refractivity contribution in [2.75, 3.05) is 0 Å². The summed E-state index contributed by atoms with van der Waals surface area (Å²) in [6.45, 7) is 8.84. The Morgan fingerprint density at radius 3 is 2.43 bits per heavy atom. The summed E-state index contributed by atoms with van der Waals surface area (Å²) in [7, 11) is 0. The predicted octanol–water partition coefficient (Wildman–Crippen LogP) is 2.32. The molecule has 0 aliphatic heterocycles. The summed E-state index contributed by atoms with van der Waals surface area (Å²) in [5.74, 6) is -1.96. The van der Waals surface area contributed by atoms with Gasteiger partial charge in [-0.15, -0.1) is 0 Å². The van der Waals surface area contributed by atoms with Crippen molar-refractivity contribution in [2.24, 2.45) is 5.92 Å². The fourth-order valence-corrected chi connectivity index (χ4v) is 1.63. The minimum absolute atomic E-state index is 0.108. The number of nitrogens with zero attached hydrogens (tertiary/aromatic N) is 1. The largest absolute Gasteiger partial charge is 0.458 e. The van der Waals surface area contributed by atoms with Gasteiger partial charge in [0.25, 0.3) is 5.91 Å². The number of rotatable bonds is 4. The van der Waals surface area contributed by atoms with Gasteiger partial charge in [-0.3, -0.25) is 4.79 Å². The molecule has 0 aromatic carbocycles. The number of hydrogen-bond acceptors (Lipinski definition) is 4. The number of pyridine rings is 1. The van der Waals surface area contributed by atoms with Crippen molar-refractivity contribution in [1.29, 1.82) is 0 Å². The second-order valence-corrected chi connectivity index (χ2v) is 6.10. The predicted molar refractivity (Wildman–Crippen MR) is 76.1 cm³/mol. The number of carbonyl (C=O) groups excluding carboxylic acids is 2. The van der Waals surface area contributed by atoms with Gasteiger partial charge < -0.3 is 10.1 Å². The Balaban J connectivity index is 2.84. The maximum atomic E-state index is 13.0. The molecule has 1 atom stereocenters. The first-order valence-electron chi connectivity index (χ1n) is 6.75. The van der Waals surface area contributed by atoms with Crippen LogP contribution in [0.3, 0.4) is 0 Å². The van der Waals surface area contributed by atoms with Gasteiger partial charge in [0.15, 0.2) is 0 Å². The summed E-state index contributed by atoms with van der Waals surface area (Å²) in [4.78, 5) is 27.6. The quantitative estimate of drug-likeness (QED) is 0.684. The highest BCUT2D eigenvalue weighted by Crippen LogP contribution is 2.13. The van der Waals surface area contributed by atoms with Crippen molar-refractivity contribution in [1.82, 2.24) is 10.3 Å². The maximum Gasteiger partial charge on any atom is 0.329 e. The van der Waals surface area contributed by atoms with Crippen molar-refractivity contribution in [2.45, 2.75) is 46.3 Å². The van der Waals surface area contributed by atoms with Crippen LogP contribution in [0.4, 0.5) is 4.39 Å². The van der Waals surface area contributed by atoms with Crippen molar-refractivity contribution in [3.05, 3.63) is 29.8 Å². The van der Waals surface area contributed by atoms with Gasteiger partial charge >= 0.3 is 5.97 Å². The third kappa shape index (κ3) is 5.49. The van der Waals surface area contributed by atoms with Crippen molar-refractivity contribution in [3.63, 3.8) is 0 Å². The Labute approximate surface area is 123 Å². The summed E-state index contributed by atoms with van der Waals surface area (Å²) in [6.07, 6.45) is 1.20. The molecule has 1 N–H and O–H groups in total. The van der Waals surface area contributed by atoms with Gasteiger partial charge in [0.05, 0.1) is 0 Å². The molecule has 5 nitrogen and oxygen atoms in total. The van der Waals surface area contributed by atoms with E-state index in [0.717, 1.165) is 6.07 Å². The van der Waals surface area contributed by atoms with E-state index in [1.807, 2.05) is 0 Å². The van der Waals surface area contributed by atoms with Gasteiger partial charge in [-0.1, -0.05) is 13.8 Å². The third-order valence-corrected chi connectivity index (χ3v) is 2.60. The lowest BCUT2D eigenvalue weighted by atomic mass is 10.0. The fourth-order valence-electron chi connectivity index (χ4n) is 1.63. The van der Waals surface area contributed by atoms with Gasteiger partial charge in [-0.05, 0) is 32.8 Å². The first kappa shape index (κ1) is 17.1. The van der Waals surface area contributed by atoms with Crippen LogP contribution in [0.5, 0.6) is 0 Å². The van der Waals surface area contributed by atoms with Crippen LogP contribution in [0, 0.1) is 11.9 Å². The maximum absolute atomic E-state index is 13.0. The van der Waals surface area contributed by atoms with E-state index in [1.54, 1.807) is 34.6 Å². The molecule has 0 unspecified atom stereocenters. The summed E-state index contributed by atoms with van der Waals surface area (Å²) in [5.41, 5.74) is -0.533. The van der Waals surface area contributed by atoms with E-state index in [-0.39, 0.29) is 11.5 Å². The first-order valence-corrected chi connectivity index (χ1v) is 6.75. The van der Waals surface area contributed by atoms with E-state index in [0.29, 0.717) is 0 Å². The van der Waals surface area contributed by atoms with Gasteiger partial charge in [0.2, 0.25) is 5.95 Å². The molecule has 0 aliphatic rings. The van der Waals surface area contributed by atoms with Crippen LogP contribution in [0.2, 0.25) is 0 Å². The highest BCUT2D eigenvalue weighted by Gasteiger charge is 2.29. The Hall–Kier alpha value is -1.98. The monoisotopic (exact) mass is 296 g/mol. The van der Waals surface area contributed by atoms with Crippen LogP contribution < -0.4 is 5.32 Å². The highest BCUT2D eigenvalue weighted by atomic mass is 19.1. The van der Waals surface area contributed by atoms with Gasteiger partial charge in [-0.2, -0.15) is 4.39 Å². The molecule has 0 spiro atoms. The Bertz CT molecular complexity index is 524. The molecule has 0 saturated heterocycles. The van der Waals surface area contributed by atoms with E-state index in [2.05, 4.69) is 10.3 Å². The van der Waals surface area contributed by atoms with Crippen LogP contribution in [0.1, 0.15) is 45.0 Å². The third-order valence-electron chi connectivity index (χ3n) is 2.60. The molecular weight excluding hydrogens is 275 g/mol. The first-order chi connectivity index (χ1) is 9.60. The number of aromatic nitrogens is 1. The molecule has 21 heavy (non-hydrogen) atoms. The average molecular weight is 296 g/mol. The zero-order valence-electron chi connectivity index (χ0n) is 12.9. The molecule has 116 valence electrons. The van der Waals surface area contributed by atoms with Crippen LogP contribution in [0.25, 0.3) is 0 Å². The van der Waals surface area contributed by atoms with Crippen molar-refractivity contribution >= 4 is 11.9 Å². The minimum Gasteiger partial charge on any atom is -0.458 e. The molecule has 1 rings (SSSR count). The van der Waals surface area contributed by atoms with Crippen LogP contribution in [-0.2, 0) is 9.53 Å². The number of carbonyl (C=O) groups is 2. The average Bonchev–Trinajstić information content (AvgIpc) is 2.32. The van der Waals surface area contributed by atoms with E-state index >= 15 is 0 Å². The topological polar surface area (TPSA) is 68.3 Å². The fraction of sp³-hybridized carbons (Fsp3) is 0.533. The summed E-state index contributed by atoms with van der Waals surface area (Å²) in [5, 5.41) is 2.57. The molecule has 1 aromatic rings. The van der Waals surface area contributed by atoms with Crippen LogP contribution in [-0.4, -0.2) is 28.5 Å². The summed E-state index contributed by atoms with van der Waals surface area (Å²) < 4.78 is 18.3. The lowest BCUT2D eigenvalue weighted by molar-refractivity contribution is -0.158. The Kier molecular flexibility index (Phi) is 5.41. The number of nitrogens with one attached hydrogen (secondary N) is 1. The number of hydrogen-bond donors (Lipinski definition) is 1. The standard InChI is InChI=1S/C15H21FN2O3/c1-9(2)12(14(20)21-15(3,4)5)18-13(19)10-6-7-17-11(16)8-10/h6-9,12H,1-5H3,(H,18,19)/t12-/m0/s1. The zero-order chi connectivity index (χ0) is 16.2. The molecule has 0 fully saturated rings. The normalized spacial score (nSPS) is 12.9. The molecule has 0 radical (unpaired) electrons. The smallest absolute Gasteiger partial charge is 0.329 e. The van der Waals surface area contributed by atoms with E-state index in [4.69, 9.17) is 4.74 Å². The van der Waals surface area contributed by atoms with Crippen LogP contribution in [0.15, 0.2) is 18.3 Å². The molecule has 1 aromatic heterocycles. The number of halogens is 1. The number of esters is 1. The molecule has 6 heteroatoms. The van der Waals surface area contributed by atoms with Gasteiger partial charge in [0, 0.05) is 17.8 Å². The molecule has 0 bridgehead atoms. The SMILES string of the molecule is CC(C)[C@H](NC(=O)c1ccnc(F)c1)C(=O)OC(C)(C)C. The second kappa shape index (κ2) is 6.65. The van der Waals surface area contributed by atoms with E-state index < -0.39 is 29.5 Å². The zero-order valence-corrected chi connectivity index (χ0v) is 12.9. The second-order valence-electron chi connectivity index (χ2n) is 6.10. The van der Waals surface area contributed by atoms with Crippen molar-refractivity contribution in [3.8, 4) is 0 Å². The van der Waals surface area contributed by atoms with Crippen LogP contribution >= 0.6 is 0 Å². The lowest BCUT2D eigenvalue weighted by Crippen LogP contribution is -2.47. The summed E-state index contributed by atoms with van der Waals surface area (Å²) in [6, 6.07) is 1.60. The lowest BCUT2D eigenvalue weighted by Gasteiger charge is -2.26. The highest BCUT2D eigenvalue weighted by molar-refractivity contribution is 5.96. The molecule has 0 aliphatic carbocycles. The molecule has 0 saturated carbocycles.